The van der Waals surface area contributed by atoms with Crippen molar-refractivity contribution in [3.05, 3.63) is 170 Å². The lowest BCUT2D eigenvalue weighted by atomic mass is 9.85. The molecule has 0 N–H and O–H groups in total. The van der Waals surface area contributed by atoms with Crippen LogP contribution in [0.4, 0.5) is 0 Å². The number of rotatable bonds is 3. The third kappa shape index (κ3) is 3.97. The first-order chi connectivity index (χ1) is 26.6. The lowest BCUT2D eigenvalue weighted by Gasteiger charge is -2.18. The van der Waals surface area contributed by atoms with E-state index in [1.54, 1.807) is 0 Å². The summed E-state index contributed by atoms with van der Waals surface area (Å²) in [6.45, 7) is 0. The highest BCUT2D eigenvalue weighted by atomic mass is 16.3. The second-order valence-corrected chi connectivity index (χ2v) is 11.8. The van der Waals surface area contributed by atoms with Crippen LogP contribution in [-0.4, -0.2) is 0 Å². The summed E-state index contributed by atoms with van der Waals surface area (Å²) in [6, 6.07) is 36.4. The standard InChI is InChI=1S/C46H28O/c1-2-12-33-28-34(25-20-29(33)10-1)44-39-16-7-5-14-37(39)43(38-15-6-8-17-40(38)44)32-23-21-31(22-24-32)36-18-9-19-41-45(36)46-35-13-4-3-11-30(35)26-27-42(46)47-41/h1-28H/i5D,6D,7D,8D,14D,15D,16D,17D. The third-order valence-electron chi connectivity index (χ3n) is 9.28. The topological polar surface area (TPSA) is 13.1 Å². The molecule has 1 heterocycles. The van der Waals surface area contributed by atoms with E-state index in [2.05, 4.69) is 18.2 Å². The van der Waals surface area contributed by atoms with E-state index in [4.69, 9.17) is 9.90 Å². The molecule has 0 aliphatic rings. The minimum absolute atomic E-state index is 0.189. The summed E-state index contributed by atoms with van der Waals surface area (Å²) in [5.74, 6) is 0. The van der Waals surface area contributed by atoms with Crippen molar-refractivity contribution < 1.29 is 15.4 Å². The molecule has 0 aliphatic carbocycles. The highest BCUT2D eigenvalue weighted by molar-refractivity contribution is 6.24. The average molecular weight is 605 g/mol. The quantitative estimate of drug-likeness (QED) is 0.183. The molecule has 0 spiro atoms. The second-order valence-electron chi connectivity index (χ2n) is 11.8. The Kier molecular flexibility index (Phi) is 4.19. The third-order valence-corrected chi connectivity index (χ3v) is 9.28. The molecule has 0 unspecified atom stereocenters. The van der Waals surface area contributed by atoms with E-state index in [0.717, 1.165) is 54.6 Å². The fourth-order valence-corrected chi connectivity index (χ4v) is 7.19. The van der Waals surface area contributed by atoms with Crippen LogP contribution in [-0.2, 0) is 0 Å². The summed E-state index contributed by atoms with van der Waals surface area (Å²) in [6.07, 6.45) is 0. The molecule has 0 fully saturated rings. The van der Waals surface area contributed by atoms with Gasteiger partial charge in [-0.3, -0.25) is 0 Å². The monoisotopic (exact) mass is 604 g/mol. The maximum Gasteiger partial charge on any atom is 0.136 e. The smallest absolute Gasteiger partial charge is 0.136 e. The summed E-state index contributed by atoms with van der Waals surface area (Å²) >= 11 is 0. The van der Waals surface area contributed by atoms with Crippen molar-refractivity contribution >= 4 is 65.0 Å². The van der Waals surface area contributed by atoms with E-state index in [9.17, 15) is 5.48 Å². The van der Waals surface area contributed by atoms with E-state index in [1.807, 2.05) is 103 Å². The Morgan fingerprint density at radius 2 is 0.936 bits per heavy atom. The van der Waals surface area contributed by atoms with Crippen LogP contribution in [0.2, 0.25) is 0 Å². The van der Waals surface area contributed by atoms with Crippen LogP contribution >= 0.6 is 0 Å². The van der Waals surface area contributed by atoms with Gasteiger partial charge in [-0.15, -0.1) is 0 Å². The van der Waals surface area contributed by atoms with Crippen molar-refractivity contribution in [3.63, 3.8) is 0 Å². The molecule has 1 nitrogen and oxygen atoms in total. The molecule has 9 aromatic carbocycles. The molecule has 0 bridgehead atoms. The van der Waals surface area contributed by atoms with E-state index < -0.39 is 24.2 Å². The van der Waals surface area contributed by atoms with Gasteiger partial charge < -0.3 is 4.42 Å². The van der Waals surface area contributed by atoms with Crippen molar-refractivity contribution in [2.45, 2.75) is 0 Å². The number of hydrogen-bond donors (Lipinski definition) is 0. The Hall–Kier alpha value is -6.18. The van der Waals surface area contributed by atoms with Crippen molar-refractivity contribution in [1.82, 2.24) is 0 Å². The molecule has 0 saturated carbocycles. The lowest BCUT2D eigenvalue weighted by Crippen LogP contribution is -1.91. The number of fused-ring (bicyclic) bond motifs is 8. The molecule has 1 aromatic heterocycles. The minimum Gasteiger partial charge on any atom is -0.456 e. The predicted molar refractivity (Wildman–Crippen MR) is 200 cm³/mol. The predicted octanol–water partition coefficient (Wildman–Crippen LogP) is 13.2. The lowest BCUT2D eigenvalue weighted by molar-refractivity contribution is 0.669. The molecule has 1 heteroatoms. The van der Waals surface area contributed by atoms with Crippen molar-refractivity contribution in [2.75, 3.05) is 0 Å². The molecule has 0 amide bonds. The number of hydrogen-bond acceptors (Lipinski definition) is 1. The van der Waals surface area contributed by atoms with Crippen LogP contribution in [0.1, 0.15) is 11.0 Å². The van der Waals surface area contributed by atoms with Gasteiger partial charge in [0.15, 0.2) is 0 Å². The maximum atomic E-state index is 9.30. The zero-order valence-electron chi connectivity index (χ0n) is 33.0. The van der Waals surface area contributed by atoms with E-state index in [0.29, 0.717) is 22.3 Å². The average Bonchev–Trinajstić information content (AvgIpc) is 3.62. The van der Waals surface area contributed by atoms with Gasteiger partial charge in [-0.05, 0) is 94.7 Å². The van der Waals surface area contributed by atoms with Gasteiger partial charge in [0, 0.05) is 10.8 Å². The van der Waals surface area contributed by atoms with Gasteiger partial charge in [-0.2, -0.15) is 0 Å². The molecular weight excluding hydrogens is 569 g/mol. The van der Waals surface area contributed by atoms with Gasteiger partial charge in [0.1, 0.15) is 11.2 Å². The van der Waals surface area contributed by atoms with E-state index in [1.165, 1.54) is 0 Å². The number of benzene rings is 9. The Balaban J connectivity index is 1.31. The highest BCUT2D eigenvalue weighted by Gasteiger charge is 2.18. The Morgan fingerprint density at radius 1 is 0.383 bits per heavy atom. The SMILES string of the molecule is [2H]c1c([2H])c([2H])c2c(-c3ccc4ccccc4c3)c3c([2H])c([2H])c([2H])c([2H])c3c(-c3ccc(-c4cccc5oc6ccc7ccccc7c6c45)cc3)c2c1[2H]. The zero-order valence-corrected chi connectivity index (χ0v) is 25.0. The summed E-state index contributed by atoms with van der Waals surface area (Å²) in [5, 5.41) is 6.78. The van der Waals surface area contributed by atoms with Crippen molar-refractivity contribution in [3.8, 4) is 33.4 Å². The first-order valence-corrected chi connectivity index (χ1v) is 15.5. The minimum atomic E-state index is -0.425. The fraction of sp³-hybridized carbons (Fsp3) is 0. The van der Waals surface area contributed by atoms with Gasteiger partial charge in [0.05, 0.1) is 11.0 Å². The van der Waals surface area contributed by atoms with Crippen LogP contribution in [0.5, 0.6) is 0 Å². The molecular formula is C46H28O. The first-order valence-electron chi connectivity index (χ1n) is 19.5. The summed E-state index contributed by atoms with van der Waals surface area (Å²) in [5.41, 5.74) is 5.15. The van der Waals surface area contributed by atoms with Gasteiger partial charge in [-0.25, -0.2) is 0 Å². The molecule has 0 atom stereocenters. The summed E-state index contributed by atoms with van der Waals surface area (Å²) in [4.78, 5) is 0. The summed E-state index contributed by atoms with van der Waals surface area (Å²) < 4.78 is 78.5. The van der Waals surface area contributed by atoms with Crippen molar-refractivity contribution in [2.24, 2.45) is 0 Å². The van der Waals surface area contributed by atoms with Crippen LogP contribution in [0.25, 0.3) is 98.4 Å². The van der Waals surface area contributed by atoms with Crippen LogP contribution in [0.15, 0.2) is 174 Å². The second kappa shape index (κ2) is 10.2. The van der Waals surface area contributed by atoms with Crippen LogP contribution < -0.4 is 0 Å². The van der Waals surface area contributed by atoms with Crippen molar-refractivity contribution in [1.29, 1.82) is 0 Å². The normalized spacial score (nSPS) is 14.2. The Labute approximate surface area is 283 Å². The molecule has 10 rings (SSSR count). The zero-order chi connectivity index (χ0) is 37.9. The van der Waals surface area contributed by atoms with Gasteiger partial charge in [0.2, 0.25) is 0 Å². The Morgan fingerprint density at radius 3 is 1.66 bits per heavy atom. The molecule has 0 saturated heterocycles. The van der Waals surface area contributed by atoms with Gasteiger partial charge >= 0.3 is 0 Å². The maximum absolute atomic E-state index is 9.30. The van der Waals surface area contributed by atoms with Gasteiger partial charge in [0.25, 0.3) is 0 Å². The van der Waals surface area contributed by atoms with Crippen LogP contribution in [0, 0.1) is 0 Å². The Bertz CT molecular complexity index is 3210. The number of furan rings is 1. The molecule has 47 heavy (non-hydrogen) atoms. The molecule has 0 aliphatic heterocycles. The fourth-order valence-electron chi connectivity index (χ4n) is 7.19. The first kappa shape index (κ1) is 19.4. The molecule has 0 radical (unpaired) electrons. The largest absolute Gasteiger partial charge is 0.456 e. The summed E-state index contributed by atoms with van der Waals surface area (Å²) in [7, 11) is 0. The van der Waals surface area contributed by atoms with Crippen LogP contribution in [0.3, 0.4) is 0 Å². The van der Waals surface area contributed by atoms with Gasteiger partial charge in [-0.1, -0.05) is 151 Å². The van der Waals surface area contributed by atoms with E-state index in [-0.39, 0.29) is 45.7 Å². The highest BCUT2D eigenvalue weighted by Crippen LogP contribution is 2.45. The molecule has 218 valence electrons. The van der Waals surface area contributed by atoms with E-state index >= 15 is 0 Å². The molecule has 10 aromatic rings.